The molecular formula is C16H20BrF2NO3S. The lowest BCUT2D eigenvalue weighted by molar-refractivity contribution is -0.137. The Morgan fingerprint density at radius 2 is 2.04 bits per heavy atom. The highest BCUT2D eigenvalue weighted by molar-refractivity contribution is 9.10. The van der Waals surface area contributed by atoms with Gasteiger partial charge in [0.1, 0.15) is 16.4 Å². The van der Waals surface area contributed by atoms with Crippen LogP contribution in [0, 0.1) is 11.6 Å². The summed E-state index contributed by atoms with van der Waals surface area (Å²) in [6.45, 7) is 5.07. The van der Waals surface area contributed by atoms with Crippen molar-refractivity contribution in [2.45, 2.75) is 56.7 Å². The molecule has 1 aromatic carbocycles. The summed E-state index contributed by atoms with van der Waals surface area (Å²) in [6, 6.07) is 0.183. The number of rotatable bonds is 6. The first kappa shape index (κ1) is 19.6. The topological polar surface area (TPSA) is 72.4 Å². The normalized spacial score (nSPS) is 17.6. The van der Waals surface area contributed by atoms with Crippen LogP contribution in [0.3, 0.4) is 0 Å². The van der Waals surface area contributed by atoms with Crippen LogP contribution in [-0.2, 0) is 16.2 Å². The minimum atomic E-state index is -1.67. The van der Waals surface area contributed by atoms with E-state index in [1.165, 1.54) is 6.07 Å². The second kappa shape index (κ2) is 7.27. The van der Waals surface area contributed by atoms with Gasteiger partial charge in [0.15, 0.2) is 0 Å². The zero-order chi connectivity index (χ0) is 18.2. The second-order valence-electron chi connectivity index (χ2n) is 6.91. The van der Waals surface area contributed by atoms with Crippen molar-refractivity contribution in [2.24, 2.45) is 0 Å². The number of halogens is 3. The Balaban J connectivity index is 2.47. The van der Waals surface area contributed by atoms with Crippen molar-refractivity contribution in [3.63, 3.8) is 0 Å². The van der Waals surface area contributed by atoms with Gasteiger partial charge < -0.3 is 9.66 Å². The van der Waals surface area contributed by atoms with E-state index >= 15 is 0 Å². The lowest BCUT2D eigenvalue weighted by atomic mass is 9.98. The quantitative estimate of drug-likeness (QED) is 0.531. The largest absolute Gasteiger partial charge is 0.598 e. The molecule has 1 aliphatic rings. The average molecular weight is 424 g/mol. The van der Waals surface area contributed by atoms with Crippen molar-refractivity contribution in [1.29, 1.82) is 0 Å². The monoisotopic (exact) mass is 423 g/mol. The highest BCUT2D eigenvalue weighted by Crippen LogP contribution is 2.44. The maximum atomic E-state index is 14.9. The highest BCUT2D eigenvalue weighted by atomic mass is 79.9. The molecule has 1 unspecified atom stereocenters. The Kier molecular flexibility index (Phi) is 5.95. The van der Waals surface area contributed by atoms with Gasteiger partial charge in [0, 0.05) is 16.9 Å². The van der Waals surface area contributed by atoms with Gasteiger partial charge in [0.2, 0.25) is 0 Å². The summed E-state index contributed by atoms with van der Waals surface area (Å²) in [5.41, 5.74) is 0.00304. The van der Waals surface area contributed by atoms with Gasteiger partial charge >= 0.3 is 5.97 Å². The summed E-state index contributed by atoms with van der Waals surface area (Å²) in [6.07, 6.45) is 1.06. The van der Waals surface area contributed by atoms with E-state index in [2.05, 4.69) is 20.7 Å². The van der Waals surface area contributed by atoms with Crippen LogP contribution in [0.4, 0.5) is 8.78 Å². The first-order chi connectivity index (χ1) is 11.0. The fourth-order valence-corrected chi connectivity index (χ4v) is 3.60. The van der Waals surface area contributed by atoms with E-state index in [0.29, 0.717) is 5.56 Å². The number of hydrogen-bond acceptors (Lipinski definition) is 3. The number of benzene rings is 1. The molecule has 0 saturated heterocycles. The summed E-state index contributed by atoms with van der Waals surface area (Å²) >= 11 is 1.40. The molecule has 0 amide bonds. The van der Waals surface area contributed by atoms with Crippen LogP contribution in [0.2, 0.25) is 0 Å². The molecule has 0 heterocycles. The third-order valence-electron chi connectivity index (χ3n) is 3.77. The van der Waals surface area contributed by atoms with E-state index < -0.39 is 46.2 Å². The second-order valence-corrected chi connectivity index (χ2v) is 9.77. The molecule has 2 rings (SSSR count). The zero-order valence-electron chi connectivity index (χ0n) is 13.7. The molecule has 134 valence electrons. The lowest BCUT2D eigenvalue weighted by Crippen LogP contribution is -2.42. The summed E-state index contributed by atoms with van der Waals surface area (Å²) in [7, 11) is 0. The maximum absolute atomic E-state index is 14.9. The summed E-state index contributed by atoms with van der Waals surface area (Å²) in [4.78, 5) is 11.2. The van der Waals surface area contributed by atoms with Crippen LogP contribution in [0.15, 0.2) is 10.5 Å². The lowest BCUT2D eigenvalue weighted by Gasteiger charge is -2.28. The molecule has 2 atom stereocenters. The molecule has 0 aromatic heterocycles. The zero-order valence-corrected chi connectivity index (χ0v) is 16.1. The van der Waals surface area contributed by atoms with E-state index in [-0.39, 0.29) is 16.0 Å². The molecule has 1 fully saturated rings. The van der Waals surface area contributed by atoms with Crippen molar-refractivity contribution in [3.8, 4) is 0 Å². The predicted octanol–water partition coefficient (Wildman–Crippen LogP) is 4.17. The minimum Gasteiger partial charge on any atom is -0.598 e. The van der Waals surface area contributed by atoms with E-state index in [0.717, 1.165) is 12.8 Å². The van der Waals surface area contributed by atoms with Gasteiger partial charge in [0.05, 0.1) is 16.9 Å². The van der Waals surface area contributed by atoms with Crippen LogP contribution in [0.1, 0.15) is 63.1 Å². The Bertz CT molecular complexity index is 647. The smallest absolute Gasteiger partial charge is 0.305 e. The summed E-state index contributed by atoms with van der Waals surface area (Å²) < 4.78 is 43.7. The molecule has 8 heteroatoms. The standard InChI is InChI=1S/C16H20BrF2NO3S/c1-16(2,3)24(23)20-11(7-12(21)22)13-14(18)9(8-4-5-8)6-10(17)15(13)19/h6,8,11,20H,4-5,7H2,1-3H3,(H,21,22)/t11?,24-/m1/s1. The molecule has 1 aliphatic carbocycles. The first-order valence-corrected chi connectivity index (χ1v) is 9.53. The van der Waals surface area contributed by atoms with Crippen LogP contribution >= 0.6 is 15.9 Å². The van der Waals surface area contributed by atoms with Gasteiger partial charge in [-0.05, 0) is 67.1 Å². The van der Waals surface area contributed by atoms with Crippen molar-refractivity contribution >= 4 is 33.3 Å². The van der Waals surface area contributed by atoms with Crippen LogP contribution < -0.4 is 4.72 Å². The van der Waals surface area contributed by atoms with Crippen LogP contribution in [0.5, 0.6) is 0 Å². The van der Waals surface area contributed by atoms with Crippen molar-refractivity contribution in [1.82, 2.24) is 4.72 Å². The number of carboxylic acids is 1. The third kappa shape index (κ3) is 4.47. The molecule has 0 radical (unpaired) electrons. The highest BCUT2D eigenvalue weighted by Gasteiger charge is 2.36. The summed E-state index contributed by atoms with van der Waals surface area (Å²) in [5.74, 6) is -2.81. The number of carboxylic acid groups (broad SMARTS) is 1. The van der Waals surface area contributed by atoms with Crippen molar-refractivity contribution in [3.05, 3.63) is 33.3 Å². The van der Waals surface area contributed by atoms with Gasteiger partial charge in [-0.2, -0.15) is 0 Å². The van der Waals surface area contributed by atoms with Gasteiger partial charge in [-0.25, -0.2) is 8.78 Å². The molecule has 0 spiro atoms. The minimum absolute atomic E-state index is 0.0271. The molecule has 0 bridgehead atoms. The Morgan fingerprint density at radius 3 is 2.50 bits per heavy atom. The van der Waals surface area contributed by atoms with E-state index in [1.807, 2.05) is 0 Å². The number of carbonyl (C=O) groups is 1. The SMILES string of the molecule is CC(C)(C)[S@@+]([O-])NC(CC(=O)O)c1c(F)c(Br)cc(C2CC2)c1F. The molecule has 1 aromatic rings. The van der Waals surface area contributed by atoms with Gasteiger partial charge in [0.25, 0.3) is 0 Å². The first-order valence-electron chi connectivity index (χ1n) is 7.59. The molecular weight excluding hydrogens is 404 g/mol. The molecule has 4 nitrogen and oxygen atoms in total. The van der Waals surface area contributed by atoms with Crippen molar-refractivity contribution < 1.29 is 23.2 Å². The Morgan fingerprint density at radius 1 is 1.46 bits per heavy atom. The van der Waals surface area contributed by atoms with Gasteiger partial charge in [-0.1, -0.05) is 0 Å². The molecule has 1 saturated carbocycles. The fraction of sp³-hybridized carbons (Fsp3) is 0.562. The van der Waals surface area contributed by atoms with Gasteiger partial charge in [-0.15, -0.1) is 4.72 Å². The third-order valence-corrected chi connectivity index (χ3v) is 5.96. The van der Waals surface area contributed by atoms with Crippen LogP contribution in [0.25, 0.3) is 0 Å². The molecule has 0 aliphatic heterocycles. The number of aliphatic carboxylic acids is 1. The Hall–Kier alpha value is -0.700. The van der Waals surface area contributed by atoms with E-state index in [9.17, 15) is 18.1 Å². The summed E-state index contributed by atoms with van der Waals surface area (Å²) in [5, 5.41) is 9.11. The predicted molar refractivity (Wildman–Crippen MR) is 92.1 cm³/mol. The maximum Gasteiger partial charge on any atom is 0.305 e. The van der Waals surface area contributed by atoms with Crippen LogP contribution in [-0.4, -0.2) is 20.4 Å². The van der Waals surface area contributed by atoms with Crippen molar-refractivity contribution in [2.75, 3.05) is 0 Å². The molecule has 24 heavy (non-hydrogen) atoms. The number of nitrogens with one attached hydrogen (secondary N) is 1. The van der Waals surface area contributed by atoms with E-state index in [1.54, 1.807) is 20.8 Å². The van der Waals surface area contributed by atoms with E-state index in [4.69, 9.17) is 5.11 Å². The number of hydrogen-bond donors (Lipinski definition) is 2. The van der Waals surface area contributed by atoms with Gasteiger partial charge in [-0.3, -0.25) is 4.79 Å². The molecule has 2 N–H and O–H groups in total. The fourth-order valence-electron chi connectivity index (χ4n) is 2.32. The Labute approximate surface area is 151 Å². The average Bonchev–Trinajstić information content (AvgIpc) is 3.25.